The van der Waals surface area contributed by atoms with Crippen molar-refractivity contribution >= 4 is 5.91 Å². The van der Waals surface area contributed by atoms with Crippen molar-refractivity contribution in [1.29, 1.82) is 5.26 Å². The first-order chi connectivity index (χ1) is 6.60. The Morgan fingerprint density at radius 3 is 2.71 bits per heavy atom. The highest BCUT2D eigenvalue weighted by Crippen LogP contribution is 2.24. The molecule has 0 bridgehead atoms. The predicted molar refractivity (Wildman–Crippen MR) is 46.2 cm³/mol. The van der Waals surface area contributed by atoms with E-state index >= 15 is 0 Å². The number of halogens is 1. The fourth-order valence-electron chi connectivity index (χ4n) is 1.08. The fraction of sp³-hybridized carbons (Fsp3) is 0.111. The normalized spacial score (nSPS) is 9.21. The molecule has 0 saturated carbocycles. The van der Waals surface area contributed by atoms with Crippen molar-refractivity contribution in [2.24, 2.45) is 5.73 Å². The summed E-state index contributed by atoms with van der Waals surface area (Å²) in [5, 5.41) is 8.63. The fourth-order valence-corrected chi connectivity index (χ4v) is 1.08. The number of carbonyl (C=O) groups is 1. The highest BCUT2D eigenvalue weighted by Gasteiger charge is 2.15. The van der Waals surface area contributed by atoms with Gasteiger partial charge in [0.2, 0.25) is 0 Å². The van der Waals surface area contributed by atoms with Crippen LogP contribution in [0.5, 0.6) is 5.75 Å². The van der Waals surface area contributed by atoms with E-state index in [9.17, 15) is 9.18 Å². The molecule has 5 heteroatoms. The minimum Gasteiger partial charge on any atom is -0.495 e. The van der Waals surface area contributed by atoms with Gasteiger partial charge in [-0.1, -0.05) is 0 Å². The smallest absolute Gasteiger partial charge is 0.252 e. The van der Waals surface area contributed by atoms with Crippen LogP contribution in [0.4, 0.5) is 4.39 Å². The third-order valence-corrected chi connectivity index (χ3v) is 1.64. The van der Waals surface area contributed by atoms with Crippen LogP contribution < -0.4 is 10.5 Å². The molecule has 14 heavy (non-hydrogen) atoms. The number of benzene rings is 1. The average molecular weight is 194 g/mol. The monoisotopic (exact) mass is 194 g/mol. The maximum absolute atomic E-state index is 12.9. The van der Waals surface area contributed by atoms with E-state index in [0.717, 1.165) is 12.1 Å². The number of methoxy groups -OCH3 is 1. The van der Waals surface area contributed by atoms with Crippen LogP contribution in [0.25, 0.3) is 0 Å². The molecule has 1 aromatic carbocycles. The third-order valence-electron chi connectivity index (χ3n) is 1.64. The number of ether oxygens (including phenoxy) is 1. The van der Waals surface area contributed by atoms with Crippen molar-refractivity contribution in [1.82, 2.24) is 0 Å². The van der Waals surface area contributed by atoms with Crippen LogP contribution in [0.2, 0.25) is 0 Å². The van der Waals surface area contributed by atoms with Crippen LogP contribution in [0.15, 0.2) is 12.1 Å². The molecular weight excluding hydrogens is 187 g/mol. The minimum absolute atomic E-state index is 0.00130. The lowest BCUT2D eigenvalue weighted by Gasteiger charge is -2.06. The highest BCUT2D eigenvalue weighted by atomic mass is 19.1. The van der Waals surface area contributed by atoms with E-state index in [-0.39, 0.29) is 16.9 Å². The summed E-state index contributed by atoms with van der Waals surface area (Å²) in [5.41, 5.74) is 4.80. The number of nitriles is 1. The molecule has 0 spiro atoms. The van der Waals surface area contributed by atoms with Crippen LogP contribution in [0.3, 0.4) is 0 Å². The summed E-state index contributed by atoms with van der Waals surface area (Å²) in [6, 6.07) is 3.62. The Morgan fingerprint density at radius 2 is 2.29 bits per heavy atom. The molecule has 0 radical (unpaired) electrons. The van der Waals surface area contributed by atoms with Gasteiger partial charge in [0.1, 0.15) is 17.6 Å². The molecule has 0 heterocycles. The van der Waals surface area contributed by atoms with Crippen molar-refractivity contribution in [2.45, 2.75) is 0 Å². The zero-order chi connectivity index (χ0) is 10.7. The molecule has 0 atom stereocenters. The number of primary amides is 1. The van der Waals surface area contributed by atoms with E-state index in [1.54, 1.807) is 6.07 Å². The summed E-state index contributed by atoms with van der Waals surface area (Å²) in [6.45, 7) is 0. The van der Waals surface area contributed by atoms with Crippen LogP contribution in [-0.4, -0.2) is 13.0 Å². The molecule has 0 aliphatic heterocycles. The van der Waals surface area contributed by atoms with Crippen molar-refractivity contribution in [3.63, 3.8) is 0 Å². The Morgan fingerprint density at radius 1 is 1.64 bits per heavy atom. The van der Waals surface area contributed by atoms with Crippen LogP contribution in [0, 0.1) is 17.1 Å². The van der Waals surface area contributed by atoms with Gasteiger partial charge in [-0.3, -0.25) is 4.79 Å². The maximum Gasteiger partial charge on any atom is 0.252 e. The molecule has 0 unspecified atom stereocenters. The maximum atomic E-state index is 12.9. The van der Waals surface area contributed by atoms with Crippen LogP contribution in [-0.2, 0) is 0 Å². The lowest BCUT2D eigenvalue weighted by molar-refractivity contribution is 0.0997. The van der Waals surface area contributed by atoms with Crippen molar-refractivity contribution in [3.05, 3.63) is 29.1 Å². The van der Waals surface area contributed by atoms with Gasteiger partial charge in [0.05, 0.1) is 18.2 Å². The molecule has 2 N–H and O–H groups in total. The highest BCUT2D eigenvalue weighted by molar-refractivity contribution is 5.96. The van der Waals surface area contributed by atoms with Crippen molar-refractivity contribution < 1.29 is 13.9 Å². The molecule has 1 rings (SSSR count). The van der Waals surface area contributed by atoms with Gasteiger partial charge >= 0.3 is 0 Å². The van der Waals surface area contributed by atoms with E-state index < -0.39 is 11.7 Å². The van der Waals surface area contributed by atoms with Gasteiger partial charge in [0.15, 0.2) is 0 Å². The Kier molecular flexibility index (Phi) is 2.67. The van der Waals surface area contributed by atoms with Gasteiger partial charge in [-0.2, -0.15) is 5.26 Å². The second-order valence-corrected chi connectivity index (χ2v) is 2.51. The number of carbonyl (C=O) groups excluding carboxylic acids is 1. The molecule has 1 aromatic rings. The average Bonchev–Trinajstić information content (AvgIpc) is 2.16. The van der Waals surface area contributed by atoms with E-state index in [1.807, 2.05) is 0 Å². The number of nitrogens with two attached hydrogens (primary N) is 1. The van der Waals surface area contributed by atoms with Crippen molar-refractivity contribution in [2.75, 3.05) is 7.11 Å². The lowest BCUT2D eigenvalue weighted by atomic mass is 10.1. The Balaban J connectivity index is 3.49. The SMILES string of the molecule is COc1c(C#N)cc(F)cc1C(N)=O. The number of hydrogen-bond acceptors (Lipinski definition) is 3. The minimum atomic E-state index is -0.835. The topological polar surface area (TPSA) is 76.1 Å². The summed E-state index contributed by atoms with van der Waals surface area (Å²) in [5.74, 6) is -1.53. The van der Waals surface area contributed by atoms with Gasteiger partial charge in [0, 0.05) is 0 Å². The zero-order valence-electron chi connectivity index (χ0n) is 7.37. The first kappa shape index (κ1) is 9.99. The Hall–Kier alpha value is -2.09. The van der Waals surface area contributed by atoms with Crippen molar-refractivity contribution in [3.8, 4) is 11.8 Å². The van der Waals surface area contributed by atoms with Gasteiger partial charge < -0.3 is 10.5 Å². The van der Waals surface area contributed by atoms with E-state index in [1.165, 1.54) is 7.11 Å². The Bertz CT molecular complexity index is 424. The Labute approximate surface area is 79.7 Å². The summed E-state index contributed by atoms with van der Waals surface area (Å²) in [4.78, 5) is 10.9. The number of amides is 1. The summed E-state index contributed by atoms with van der Waals surface area (Å²) >= 11 is 0. The molecule has 1 amide bonds. The molecular formula is C9H7FN2O2. The van der Waals surface area contributed by atoms with E-state index in [4.69, 9.17) is 15.7 Å². The molecule has 0 aromatic heterocycles. The second kappa shape index (κ2) is 3.75. The summed E-state index contributed by atoms with van der Waals surface area (Å²) < 4.78 is 17.7. The molecule has 72 valence electrons. The molecule has 4 nitrogen and oxygen atoms in total. The quantitative estimate of drug-likeness (QED) is 0.756. The lowest BCUT2D eigenvalue weighted by Crippen LogP contribution is -2.13. The van der Waals surface area contributed by atoms with Crippen LogP contribution >= 0.6 is 0 Å². The zero-order valence-corrected chi connectivity index (χ0v) is 7.37. The van der Waals surface area contributed by atoms with Gasteiger partial charge in [-0.05, 0) is 12.1 Å². The summed E-state index contributed by atoms with van der Waals surface area (Å²) in [6.07, 6.45) is 0. The summed E-state index contributed by atoms with van der Waals surface area (Å²) in [7, 11) is 1.28. The molecule has 0 aliphatic carbocycles. The molecule has 0 saturated heterocycles. The van der Waals surface area contributed by atoms with Gasteiger partial charge in [-0.25, -0.2) is 4.39 Å². The standard InChI is InChI=1S/C9H7FN2O2/c1-14-8-5(4-11)2-6(10)3-7(8)9(12)13/h2-3H,1H3,(H2,12,13). The molecule has 0 fully saturated rings. The number of rotatable bonds is 2. The molecule has 0 aliphatic rings. The van der Waals surface area contributed by atoms with Gasteiger partial charge in [0.25, 0.3) is 5.91 Å². The number of hydrogen-bond donors (Lipinski definition) is 1. The largest absolute Gasteiger partial charge is 0.495 e. The van der Waals surface area contributed by atoms with E-state index in [0.29, 0.717) is 0 Å². The predicted octanol–water partition coefficient (Wildman–Crippen LogP) is 0.805. The van der Waals surface area contributed by atoms with Crippen LogP contribution in [0.1, 0.15) is 15.9 Å². The second-order valence-electron chi connectivity index (χ2n) is 2.51. The van der Waals surface area contributed by atoms with E-state index in [2.05, 4.69) is 0 Å². The first-order valence-electron chi connectivity index (χ1n) is 3.67. The first-order valence-corrected chi connectivity index (χ1v) is 3.67. The van der Waals surface area contributed by atoms with Gasteiger partial charge in [-0.15, -0.1) is 0 Å². The number of nitrogens with zero attached hydrogens (tertiary/aromatic N) is 1. The third kappa shape index (κ3) is 1.64.